The quantitative estimate of drug-likeness (QED) is 0.754. The Morgan fingerprint density at radius 3 is 3.00 bits per heavy atom. The second-order valence-electron chi connectivity index (χ2n) is 4.64. The number of rotatable bonds is 7. The van der Waals surface area contributed by atoms with E-state index in [0.29, 0.717) is 6.04 Å². The van der Waals surface area contributed by atoms with E-state index in [9.17, 15) is 0 Å². The maximum absolute atomic E-state index is 5.75. The molecule has 0 saturated heterocycles. The topological polar surface area (TPSA) is 30.5 Å². The van der Waals surface area contributed by atoms with Crippen molar-refractivity contribution in [3.8, 4) is 5.75 Å². The van der Waals surface area contributed by atoms with Gasteiger partial charge in [-0.25, -0.2) is 0 Å². The molecule has 1 aromatic carbocycles. The van der Waals surface area contributed by atoms with Crippen LogP contribution >= 0.6 is 0 Å². The van der Waals surface area contributed by atoms with Gasteiger partial charge in [-0.2, -0.15) is 0 Å². The maximum Gasteiger partial charge on any atom is 0.119 e. The lowest BCUT2D eigenvalue weighted by Gasteiger charge is -2.11. The molecule has 0 saturated carbocycles. The van der Waals surface area contributed by atoms with Crippen molar-refractivity contribution >= 4 is 0 Å². The molecule has 3 heteroatoms. The van der Waals surface area contributed by atoms with Crippen LogP contribution in [0.5, 0.6) is 5.75 Å². The molecule has 0 fully saturated rings. The van der Waals surface area contributed by atoms with E-state index in [2.05, 4.69) is 23.5 Å². The van der Waals surface area contributed by atoms with Crippen LogP contribution in [0.1, 0.15) is 36.9 Å². The highest BCUT2D eigenvalue weighted by Crippen LogP contribution is 2.33. The van der Waals surface area contributed by atoms with E-state index in [4.69, 9.17) is 9.47 Å². The Morgan fingerprint density at radius 2 is 2.22 bits per heavy atom. The predicted molar refractivity (Wildman–Crippen MR) is 73.2 cm³/mol. The van der Waals surface area contributed by atoms with Crippen LogP contribution in [0.3, 0.4) is 0 Å². The summed E-state index contributed by atoms with van der Waals surface area (Å²) in [7, 11) is 2.03. The number of aryl methyl sites for hydroxylation is 1. The highest BCUT2D eigenvalue weighted by atomic mass is 16.5. The molecule has 1 unspecified atom stereocenters. The second kappa shape index (κ2) is 6.76. The third kappa shape index (κ3) is 3.24. The fraction of sp³-hybridized carbons (Fsp3) is 0.600. The van der Waals surface area contributed by atoms with Gasteiger partial charge < -0.3 is 14.8 Å². The minimum absolute atomic E-state index is 0.520. The normalized spacial score (nSPS) is 17.8. The zero-order valence-electron chi connectivity index (χ0n) is 11.4. The third-order valence-corrected chi connectivity index (χ3v) is 3.45. The van der Waals surface area contributed by atoms with Crippen molar-refractivity contribution in [1.29, 1.82) is 0 Å². The molecular weight excluding hydrogens is 226 g/mol. The zero-order valence-corrected chi connectivity index (χ0v) is 11.4. The van der Waals surface area contributed by atoms with Crippen molar-refractivity contribution in [3.63, 3.8) is 0 Å². The average Bonchev–Trinajstić information content (AvgIpc) is 2.80. The smallest absolute Gasteiger partial charge is 0.119 e. The summed E-state index contributed by atoms with van der Waals surface area (Å²) >= 11 is 0. The molecule has 1 aromatic rings. The van der Waals surface area contributed by atoms with E-state index >= 15 is 0 Å². The van der Waals surface area contributed by atoms with Crippen LogP contribution in [0.4, 0.5) is 0 Å². The summed E-state index contributed by atoms with van der Waals surface area (Å²) in [6.45, 7) is 4.31. The molecule has 2 rings (SSSR count). The van der Waals surface area contributed by atoms with Gasteiger partial charge >= 0.3 is 0 Å². The molecule has 1 aliphatic carbocycles. The third-order valence-electron chi connectivity index (χ3n) is 3.45. The SMILES string of the molecule is CCOCCCOc1ccc2c(c1)CCC2NC. The molecule has 1 aliphatic rings. The Morgan fingerprint density at radius 1 is 1.33 bits per heavy atom. The summed E-state index contributed by atoms with van der Waals surface area (Å²) in [5, 5.41) is 3.35. The number of benzene rings is 1. The highest BCUT2D eigenvalue weighted by molar-refractivity contribution is 5.40. The van der Waals surface area contributed by atoms with Crippen LogP contribution in [-0.2, 0) is 11.2 Å². The number of fused-ring (bicyclic) bond motifs is 1. The molecule has 1 atom stereocenters. The largest absolute Gasteiger partial charge is 0.493 e. The molecule has 18 heavy (non-hydrogen) atoms. The Hall–Kier alpha value is -1.06. The lowest BCUT2D eigenvalue weighted by atomic mass is 10.1. The van der Waals surface area contributed by atoms with Gasteiger partial charge in [-0.3, -0.25) is 0 Å². The van der Waals surface area contributed by atoms with E-state index in [1.807, 2.05) is 14.0 Å². The van der Waals surface area contributed by atoms with Crippen molar-refractivity contribution in [3.05, 3.63) is 29.3 Å². The summed E-state index contributed by atoms with van der Waals surface area (Å²) in [4.78, 5) is 0. The van der Waals surface area contributed by atoms with Crippen LogP contribution in [0.15, 0.2) is 18.2 Å². The first-order chi connectivity index (χ1) is 8.85. The van der Waals surface area contributed by atoms with Crippen molar-refractivity contribution in [2.45, 2.75) is 32.2 Å². The van der Waals surface area contributed by atoms with Crippen molar-refractivity contribution < 1.29 is 9.47 Å². The minimum atomic E-state index is 0.520. The lowest BCUT2D eigenvalue weighted by Crippen LogP contribution is -2.12. The molecule has 0 heterocycles. The molecule has 0 spiro atoms. The monoisotopic (exact) mass is 249 g/mol. The second-order valence-corrected chi connectivity index (χ2v) is 4.64. The van der Waals surface area contributed by atoms with E-state index < -0.39 is 0 Å². The molecule has 0 aliphatic heterocycles. The molecule has 0 aromatic heterocycles. The van der Waals surface area contributed by atoms with Crippen molar-refractivity contribution in [2.24, 2.45) is 0 Å². The molecular formula is C15H23NO2. The van der Waals surface area contributed by atoms with Gasteiger partial charge in [-0.15, -0.1) is 0 Å². The summed E-state index contributed by atoms with van der Waals surface area (Å²) in [6, 6.07) is 6.98. The zero-order chi connectivity index (χ0) is 12.8. The van der Waals surface area contributed by atoms with E-state index in [0.717, 1.165) is 38.4 Å². The van der Waals surface area contributed by atoms with Gasteiger partial charge in [0.05, 0.1) is 6.61 Å². The molecule has 3 nitrogen and oxygen atoms in total. The molecule has 0 bridgehead atoms. The number of hydrogen-bond donors (Lipinski definition) is 1. The number of nitrogens with one attached hydrogen (secondary N) is 1. The standard InChI is InChI=1S/C15H23NO2/c1-3-17-9-4-10-18-13-6-7-14-12(11-13)5-8-15(14)16-2/h6-7,11,15-16H,3-5,8-10H2,1-2H3. The summed E-state index contributed by atoms with van der Waals surface area (Å²) in [6.07, 6.45) is 3.29. The first-order valence-electron chi connectivity index (χ1n) is 6.85. The predicted octanol–water partition coefficient (Wildman–Crippen LogP) is 2.70. The van der Waals surface area contributed by atoms with Gasteiger partial charge in [0.2, 0.25) is 0 Å². The summed E-state index contributed by atoms with van der Waals surface area (Å²) in [5.74, 6) is 0.988. The maximum atomic E-state index is 5.75. The van der Waals surface area contributed by atoms with Gasteiger partial charge in [-0.1, -0.05) is 6.07 Å². The molecule has 1 N–H and O–H groups in total. The van der Waals surface area contributed by atoms with E-state index in [1.165, 1.54) is 17.5 Å². The van der Waals surface area contributed by atoms with Crippen LogP contribution in [-0.4, -0.2) is 26.9 Å². The van der Waals surface area contributed by atoms with Crippen LogP contribution < -0.4 is 10.1 Å². The Balaban J connectivity index is 1.84. The first kappa shape index (κ1) is 13.4. The van der Waals surface area contributed by atoms with E-state index in [-0.39, 0.29) is 0 Å². The van der Waals surface area contributed by atoms with Gasteiger partial charge in [0.25, 0.3) is 0 Å². The van der Waals surface area contributed by atoms with Gasteiger partial charge in [0.15, 0.2) is 0 Å². The first-order valence-corrected chi connectivity index (χ1v) is 6.85. The van der Waals surface area contributed by atoms with Crippen LogP contribution in [0.25, 0.3) is 0 Å². The van der Waals surface area contributed by atoms with Crippen LogP contribution in [0.2, 0.25) is 0 Å². The van der Waals surface area contributed by atoms with Gasteiger partial charge in [0, 0.05) is 25.7 Å². The Bertz CT molecular complexity index is 379. The fourth-order valence-corrected chi connectivity index (χ4v) is 2.48. The van der Waals surface area contributed by atoms with E-state index in [1.54, 1.807) is 0 Å². The Kier molecular flexibility index (Phi) is 5.02. The minimum Gasteiger partial charge on any atom is -0.493 e. The number of ether oxygens (including phenoxy) is 2. The number of hydrogen-bond acceptors (Lipinski definition) is 3. The van der Waals surface area contributed by atoms with Crippen molar-refractivity contribution in [2.75, 3.05) is 26.9 Å². The lowest BCUT2D eigenvalue weighted by molar-refractivity contribution is 0.131. The summed E-state index contributed by atoms with van der Waals surface area (Å²) in [5.41, 5.74) is 2.86. The van der Waals surface area contributed by atoms with Crippen molar-refractivity contribution in [1.82, 2.24) is 5.32 Å². The summed E-state index contributed by atoms with van der Waals surface area (Å²) < 4.78 is 11.0. The van der Waals surface area contributed by atoms with Gasteiger partial charge in [0.1, 0.15) is 5.75 Å². The fourth-order valence-electron chi connectivity index (χ4n) is 2.48. The molecule has 0 radical (unpaired) electrons. The highest BCUT2D eigenvalue weighted by Gasteiger charge is 2.20. The van der Waals surface area contributed by atoms with Gasteiger partial charge in [-0.05, 0) is 50.1 Å². The molecule has 100 valence electrons. The van der Waals surface area contributed by atoms with Crippen LogP contribution in [0, 0.1) is 0 Å². The molecule has 0 amide bonds. The Labute approximate surface area is 109 Å². The average molecular weight is 249 g/mol.